The number of carbonyl (C=O) groups excluding carboxylic acids is 1. The fraction of sp³-hybridized carbons (Fsp3) is 0.417. The topological polar surface area (TPSA) is 84.7 Å². The Morgan fingerprint density at radius 3 is 2.63 bits per heavy atom. The van der Waals surface area contributed by atoms with Crippen LogP contribution in [0.15, 0.2) is 18.2 Å². The van der Waals surface area contributed by atoms with Gasteiger partial charge in [-0.15, -0.1) is 0 Å². The summed E-state index contributed by atoms with van der Waals surface area (Å²) in [6.07, 6.45) is -0.0802. The summed E-state index contributed by atoms with van der Waals surface area (Å²) in [5.41, 5.74) is 0.250. The van der Waals surface area contributed by atoms with Crippen LogP contribution in [0.25, 0.3) is 0 Å². The van der Waals surface area contributed by atoms with Crippen LogP contribution in [0, 0.1) is 10.1 Å². The van der Waals surface area contributed by atoms with E-state index in [4.69, 9.17) is 4.74 Å². The van der Waals surface area contributed by atoms with Crippen LogP contribution in [0.1, 0.15) is 10.4 Å². The van der Waals surface area contributed by atoms with Crippen molar-refractivity contribution in [3.05, 3.63) is 33.9 Å². The van der Waals surface area contributed by atoms with Gasteiger partial charge in [-0.3, -0.25) is 14.9 Å². The van der Waals surface area contributed by atoms with Gasteiger partial charge in [0.1, 0.15) is 6.10 Å². The third kappa shape index (κ3) is 2.82. The number of benzene rings is 1. The maximum atomic E-state index is 11.8. The highest BCUT2D eigenvalue weighted by molar-refractivity contribution is 5.94. The Kier molecular flexibility index (Phi) is 3.66. The van der Waals surface area contributed by atoms with E-state index in [1.54, 1.807) is 14.1 Å². The van der Waals surface area contributed by atoms with Crippen LogP contribution >= 0.6 is 0 Å². The molecule has 0 unspecified atom stereocenters. The van der Waals surface area contributed by atoms with Crippen LogP contribution in [-0.4, -0.2) is 49.0 Å². The third-order valence-corrected chi connectivity index (χ3v) is 2.85. The van der Waals surface area contributed by atoms with Gasteiger partial charge in [0.25, 0.3) is 5.91 Å². The largest absolute Gasteiger partial charge is 0.481 e. The van der Waals surface area contributed by atoms with Crippen molar-refractivity contribution in [2.24, 2.45) is 0 Å². The minimum atomic E-state index is -0.509. The Hall–Kier alpha value is -2.15. The summed E-state index contributed by atoms with van der Waals surface area (Å²) >= 11 is 0. The molecule has 0 bridgehead atoms. The van der Waals surface area contributed by atoms with Gasteiger partial charge in [-0.25, -0.2) is 0 Å². The molecular weight excluding hydrogens is 250 g/mol. The number of nitrogens with zero attached hydrogens (tertiary/aromatic N) is 2. The minimum absolute atomic E-state index is 0.0802. The smallest absolute Gasteiger partial charge is 0.310 e. The number of hydrogen-bond acceptors (Lipinski definition) is 5. The zero-order valence-electron chi connectivity index (χ0n) is 10.8. The van der Waals surface area contributed by atoms with Gasteiger partial charge < -0.3 is 15.0 Å². The molecule has 1 aliphatic rings. The molecule has 1 heterocycles. The van der Waals surface area contributed by atoms with Crippen molar-refractivity contribution in [3.8, 4) is 5.75 Å². The van der Waals surface area contributed by atoms with Gasteiger partial charge in [0.15, 0.2) is 5.75 Å². The lowest BCUT2D eigenvalue weighted by Gasteiger charge is -2.27. The van der Waals surface area contributed by atoms with Gasteiger partial charge in [-0.05, 0) is 6.07 Å². The molecule has 0 aliphatic carbocycles. The van der Waals surface area contributed by atoms with E-state index in [0.717, 1.165) is 0 Å². The van der Waals surface area contributed by atoms with E-state index in [2.05, 4.69) is 5.32 Å². The molecule has 7 nitrogen and oxygen atoms in total. The zero-order chi connectivity index (χ0) is 14.0. The van der Waals surface area contributed by atoms with Gasteiger partial charge in [-0.2, -0.15) is 0 Å². The molecular formula is C12H15N3O4. The van der Waals surface area contributed by atoms with Crippen molar-refractivity contribution in [1.82, 2.24) is 10.2 Å². The first-order valence-corrected chi connectivity index (χ1v) is 5.86. The molecule has 7 heteroatoms. The number of carbonyl (C=O) groups is 1. The zero-order valence-corrected chi connectivity index (χ0v) is 10.8. The molecule has 1 aliphatic heterocycles. The van der Waals surface area contributed by atoms with E-state index in [9.17, 15) is 14.9 Å². The fourth-order valence-electron chi connectivity index (χ4n) is 1.68. The maximum absolute atomic E-state index is 11.8. The second kappa shape index (κ2) is 5.23. The molecule has 0 atom stereocenters. The standard InChI is InChI=1S/C12H15N3O4/c1-14(2)12(16)8-3-4-10(15(17)18)11(5-8)19-9-6-13-7-9/h3-5,9,13H,6-7H2,1-2H3. The lowest BCUT2D eigenvalue weighted by molar-refractivity contribution is -0.386. The highest BCUT2D eigenvalue weighted by atomic mass is 16.6. The molecule has 0 spiro atoms. The van der Waals surface area contributed by atoms with Crippen LogP contribution in [0.4, 0.5) is 5.69 Å². The van der Waals surface area contributed by atoms with Crippen molar-refractivity contribution < 1.29 is 14.5 Å². The Bertz CT molecular complexity index is 512. The molecule has 0 aromatic heterocycles. The van der Waals surface area contributed by atoms with E-state index in [1.165, 1.54) is 23.1 Å². The highest BCUT2D eigenvalue weighted by Gasteiger charge is 2.24. The number of rotatable bonds is 4. The lowest BCUT2D eigenvalue weighted by atomic mass is 10.1. The van der Waals surface area contributed by atoms with Crippen LogP contribution < -0.4 is 10.1 Å². The molecule has 1 amide bonds. The molecule has 1 aromatic rings. The van der Waals surface area contributed by atoms with E-state index in [0.29, 0.717) is 18.7 Å². The van der Waals surface area contributed by atoms with Crippen molar-refractivity contribution in [3.63, 3.8) is 0 Å². The van der Waals surface area contributed by atoms with E-state index < -0.39 is 4.92 Å². The van der Waals surface area contributed by atoms with Crippen molar-refractivity contribution in [2.45, 2.75) is 6.10 Å². The van der Waals surface area contributed by atoms with E-state index >= 15 is 0 Å². The number of ether oxygens (including phenoxy) is 1. The Morgan fingerprint density at radius 2 is 2.16 bits per heavy atom. The molecule has 0 saturated carbocycles. The molecule has 19 heavy (non-hydrogen) atoms. The summed E-state index contributed by atoms with van der Waals surface area (Å²) in [6.45, 7) is 1.31. The first kappa shape index (κ1) is 13.3. The van der Waals surface area contributed by atoms with Gasteiger partial charge in [0.05, 0.1) is 4.92 Å². The average Bonchev–Trinajstić information content (AvgIpc) is 2.32. The van der Waals surface area contributed by atoms with Crippen LogP contribution in [0.3, 0.4) is 0 Å². The fourth-order valence-corrected chi connectivity index (χ4v) is 1.68. The summed E-state index contributed by atoms with van der Waals surface area (Å²) in [6, 6.07) is 4.17. The predicted molar refractivity (Wildman–Crippen MR) is 68.4 cm³/mol. The summed E-state index contributed by atoms with van der Waals surface area (Å²) < 4.78 is 5.54. The normalized spacial score (nSPS) is 14.6. The molecule has 1 fully saturated rings. The summed E-state index contributed by atoms with van der Waals surface area (Å²) in [5, 5.41) is 14.0. The molecule has 1 aromatic carbocycles. The quantitative estimate of drug-likeness (QED) is 0.638. The summed E-state index contributed by atoms with van der Waals surface area (Å²) in [5.74, 6) is -0.0734. The predicted octanol–water partition coefficient (Wildman–Crippen LogP) is 0.647. The van der Waals surface area contributed by atoms with Crippen molar-refractivity contribution >= 4 is 11.6 Å². The Morgan fingerprint density at radius 1 is 1.47 bits per heavy atom. The molecule has 0 radical (unpaired) electrons. The van der Waals surface area contributed by atoms with Gasteiger partial charge in [-0.1, -0.05) is 0 Å². The first-order valence-electron chi connectivity index (χ1n) is 5.86. The number of nitro benzene ring substituents is 1. The van der Waals surface area contributed by atoms with Crippen molar-refractivity contribution in [1.29, 1.82) is 0 Å². The third-order valence-electron chi connectivity index (χ3n) is 2.85. The highest BCUT2D eigenvalue weighted by Crippen LogP contribution is 2.29. The maximum Gasteiger partial charge on any atom is 0.310 e. The lowest BCUT2D eigenvalue weighted by Crippen LogP contribution is -2.50. The number of nitro groups is 1. The molecule has 1 saturated heterocycles. The van der Waals surface area contributed by atoms with Gasteiger partial charge >= 0.3 is 5.69 Å². The van der Waals surface area contributed by atoms with E-state index in [-0.39, 0.29) is 23.4 Å². The van der Waals surface area contributed by atoms with Gasteiger partial charge in [0, 0.05) is 44.9 Å². The average molecular weight is 265 g/mol. The molecule has 1 N–H and O–H groups in total. The first-order chi connectivity index (χ1) is 8.99. The monoisotopic (exact) mass is 265 g/mol. The number of hydrogen-bond donors (Lipinski definition) is 1. The Labute approximate surface area is 110 Å². The number of nitrogens with one attached hydrogen (secondary N) is 1. The van der Waals surface area contributed by atoms with Crippen LogP contribution in [0.2, 0.25) is 0 Å². The molecule has 2 rings (SSSR count). The van der Waals surface area contributed by atoms with Crippen molar-refractivity contribution in [2.75, 3.05) is 27.2 Å². The summed E-state index contributed by atoms with van der Waals surface area (Å²) in [4.78, 5) is 23.7. The van der Waals surface area contributed by atoms with E-state index in [1.807, 2.05) is 0 Å². The minimum Gasteiger partial charge on any atom is -0.481 e. The Balaban J connectivity index is 2.31. The summed E-state index contributed by atoms with van der Waals surface area (Å²) in [7, 11) is 3.25. The van der Waals surface area contributed by atoms with Crippen LogP contribution in [0.5, 0.6) is 5.75 Å². The number of amides is 1. The SMILES string of the molecule is CN(C)C(=O)c1ccc([N+](=O)[O-])c(OC2CNC2)c1. The second-order valence-corrected chi connectivity index (χ2v) is 4.54. The second-order valence-electron chi connectivity index (χ2n) is 4.54. The van der Waals surface area contributed by atoms with Gasteiger partial charge in [0.2, 0.25) is 0 Å². The van der Waals surface area contributed by atoms with Crippen LogP contribution in [-0.2, 0) is 0 Å². The molecule has 102 valence electrons.